The number of anilines is 2. The average Bonchev–Trinajstić information content (AvgIpc) is 3.46. The molecule has 1 aliphatic heterocycles. The van der Waals surface area contributed by atoms with Crippen molar-refractivity contribution in [2.45, 2.75) is 37.8 Å². The molecule has 0 bridgehead atoms. The van der Waals surface area contributed by atoms with Gasteiger partial charge in [0, 0.05) is 18.2 Å². The lowest BCUT2D eigenvalue weighted by molar-refractivity contribution is 0.0981. The van der Waals surface area contributed by atoms with Crippen molar-refractivity contribution in [3.05, 3.63) is 95.8 Å². The van der Waals surface area contributed by atoms with Gasteiger partial charge in [0.15, 0.2) is 5.03 Å². The van der Waals surface area contributed by atoms with Gasteiger partial charge in [-0.15, -0.1) is 0 Å². The maximum absolute atomic E-state index is 14.6. The van der Waals surface area contributed by atoms with E-state index in [9.17, 15) is 17.6 Å². The van der Waals surface area contributed by atoms with Crippen LogP contribution in [0.5, 0.6) is 5.75 Å². The van der Waals surface area contributed by atoms with E-state index in [-0.39, 0.29) is 28.4 Å². The standard InChI is InChI=1S/C31H32FN5O4S/c1-20(2)19-41-24-17-22(16-23(32)18-24)26-14-13-25(31(38)36-42(39,40)29-12-6-11-28(33)35-29)30(34-26)37-15-7-10-27(37)21-8-4-3-5-9-21/h3-6,8-9,11-14,16-18,20,27H,7,10,15,19H2,1-2H3,(H2,33,35)(H,36,38)/t27-/m0/s1. The fourth-order valence-electron chi connectivity index (χ4n) is 4.91. The summed E-state index contributed by atoms with van der Waals surface area (Å²) in [5, 5.41) is -0.376. The maximum Gasteiger partial charge on any atom is 0.281 e. The van der Waals surface area contributed by atoms with Crippen molar-refractivity contribution < 1.29 is 22.3 Å². The Labute approximate surface area is 244 Å². The minimum atomic E-state index is -4.33. The van der Waals surface area contributed by atoms with E-state index in [0.717, 1.165) is 18.4 Å². The number of halogens is 1. The van der Waals surface area contributed by atoms with E-state index in [1.165, 1.54) is 36.4 Å². The number of nitrogens with two attached hydrogens (primary N) is 1. The van der Waals surface area contributed by atoms with Crippen molar-refractivity contribution in [1.29, 1.82) is 0 Å². The van der Waals surface area contributed by atoms with Gasteiger partial charge >= 0.3 is 0 Å². The van der Waals surface area contributed by atoms with E-state index in [0.29, 0.717) is 36.0 Å². The predicted octanol–water partition coefficient (Wildman–Crippen LogP) is 5.36. The second kappa shape index (κ2) is 12.2. The molecule has 1 saturated heterocycles. The number of hydrogen-bond donors (Lipinski definition) is 2. The van der Waals surface area contributed by atoms with Crippen LogP contribution in [-0.2, 0) is 10.0 Å². The van der Waals surface area contributed by atoms with Crippen molar-refractivity contribution in [3.8, 4) is 17.0 Å². The number of aromatic nitrogens is 2. The highest BCUT2D eigenvalue weighted by molar-refractivity contribution is 7.90. The Morgan fingerprint density at radius 3 is 2.60 bits per heavy atom. The van der Waals surface area contributed by atoms with Crippen LogP contribution in [0.4, 0.5) is 16.0 Å². The number of nitrogen functional groups attached to an aromatic ring is 1. The van der Waals surface area contributed by atoms with Crippen LogP contribution in [0.2, 0.25) is 0 Å². The van der Waals surface area contributed by atoms with E-state index in [1.54, 1.807) is 12.1 Å². The van der Waals surface area contributed by atoms with Crippen LogP contribution in [0.1, 0.15) is 48.7 Å². The number of pyridine rings is 2. The van der Waals surface area contributed by atoms with E-state index in [4.69, 9.17) is 15.5 Å². The van der Waals surface area contributed by atoms with Gasteiger partial charge in [-0.05, 0) is 60.7 Å². The number of amides is 1. The van der Waals surface area contributed by atoms with Crippen LogP contribution < -0.4 is 20.1 Å². The largest absolute Gasteiger partial charge is 0.493 e. The van der Waals surface area contributed by atoms with Crippen LogP contribution >= 0.6 is 0 Å². The summed E-state index contributed by atoms with van der Waals surface area (Å²) in [6.07, 6.45) is 1.65. The average molecular weight is 590 g/mol. The summed E-state index contributed by atoms with van der Waals surface area (Å²) < 4.78 is 48.5. The summed E-state index contributed by atoms with van der Waals surface area (Å²) in [7, 11) is -4.33. The number of sulfonamides is 1. The Morgan fingerprint density at radius 2 is 1.86 bits per heavy atom. The van der Waals surface area contributed by atoms with Crippen LogP contribution in [0, 0.1) is 11.7 Å². The van der Waals surface area contributed by atoms with Gasteiger partial charge in [0.1, 0.15) is 23.2 Å². The smallest absolute Gasteiger partial charge is 0.281 e. The highest BCUT2D eigenvalue weighted by Crippen LogP contribution is 2.38. The molecule has 2 aromatic carbocycles. The highest BCUT2D eigenvalue weighted by atomic mass is 32.2. The van der Waals surface area contributed by atoms with Gasteiger partial charge in [-0.1, -0.05) is 50.2 Å². The summed E-state index contributed by atoms with van der Waals surface area (Å²) in [5.74, 6) is -0.434. The number of nitrogens with zero attached hydrogens (tertiary/aromatic N) is 3. The molecule has 0 saturated carbocycles. The third-order valence-electron chi connectivity index (χ3n) is 6.83. The zero-order valence-electron chi connectivity index (χ0n) is 23.3. The fraction of sp³-hybridized carbons (Fsp3) is 0.258. The van der Waals surface area contributed by atoms with E-state index >= 15 is 0 Å². The summed E-state index contributed by atoms with van der Waals surface area (Å²) in [4.78, 5) is 24.2. The maximum atomic E-state index is 14.6. The molecule has 11 heteroatoms. The lowest BCUT2D eigenvalue weighted by Gasteiger charge is -2.28. The molecule has 2 aromatic heterocycles. The van der Waals surface area contributed by atoms with Gasteiger partial charge in [-0.2, -0.15) is 8.42 Å². The first kappa shape index (κ1) is 29.0. The molecular formula is C31H32FN5O4S. The van der Waals surface area contributed by atoms with Crippen molar-refractivity contribution in [3.63, 3.8) is 0 Å². The van der Waals surface area contributed by atoms with Gasteiger partial charge in [-0.25, -0.2) is 19.1 Å². The van der Waals surface area contributed by atoms with Crippen LogP contribution in [0.25, 0.3) is 11.3 Å². The highest BCUT2D eigenvalue weighted by Gasteiger charge is 2.32. The topological polar surface area (TPSA) is 128 Å². The van der Waals surface area contributed by atoms with Gasteiger partial charge < -0.3 is 15.4 Å². The minimum Gasteiger partial charge on any atom is -0.493 e. The first-order chi connectivity index (χ1) is 20.1. The third-order valence-corrected chi connectivity index (χ3v) is 8.06. The second-order valence-electron chi connectivity index (χ2n) is 10.5. The Bertz CT molecular complexity index is 1700. The predicted molar refractivity (Wildman–Crippen MR) is 159 cm³/mol. The summed E-state index contributed by atoms with van der Waals surface area (Å²) in [6, 6.07) is 21.3. The molecule has 3 N–H and O–H groups in total. The second-order valence-corrected chi connectivity index (χ2v) is 12.2. The molecule has 218 valence electrons. The zero-order chi connectivity index (χ0) is 29.9. The molecule has 4 aromatic rings. The number of rotatable bonds is 9. The Kier molecular flexibility index (Phi) is 8.39. The third kappa shape index (κ3) is 6.52. The first-order valence-corrected chi connectivity index (χ1v) is 15.1. The van der Waals surface area contributed by atoms with Crippen LogP contribution in [-0.4, -0.2) is 37.4 Å². The monoisotopic (exact) mass is 589 g/mol. The van der Waals surface area contributed by atoms with Gasteiger partial charge in [0.25, 0.3) is 15.9 Å². The van der Waals surface area contributed by atoms with Crippen LogP contribution in [0.3, 0.4) is 0 Å². The van der Waals surface area contributed by atoms with E-state index < -0.39 is 21.7 Å². The first-order valence-electron chi connectivity index (χ1n) is 13.7. The molecule has 42 heavy (non-hydrogen) atoms. The molecule has 0 radical (unpaired) electrons. The summed E-state index contributed by atoms with van der Waals surface area (Å²) in [5.41, 5.74) is 7.64. The lowest BCUT2D eigenvalue weighted by Crippen LogP contribution is -2.34. The molecule has 3 heterocycles. The number of ether oxygens (including phenoxy) is 1. The number of hydrogen-bond acceptors (Lipinski definition) is 8. The van der Waals surface area contributed by atoms with Crippen LogP contribution in [0.15, 0.2) is 83.9 Å². The molecule has 1 aliphatic rings. The Balaban J connectivity index is 1.57. The minimum absolute atomic E-state index is 0.00615. The van der Waals surface area contributed by atoms with E-state index in [2.05, 4.69) is 9.71 Å². The molecule has 0 aliphatic carbocycles. The van der Waals surface area contributed by atoms with Crippen molar-refractivity contribution >= 4 is 27.6 Å². The number of carbonyl (C=O) groups is 1. The van der Waals surface area contributed by atoms with Gasteiger partial charge in [0.05, 0.1) is 23.9 Å². The summed E-state index contributed by atoms with van der Waals surface area (Å²) >= 11 is 0. The fourth-order valence-corrected chi connectivity index (χ4v) is 5.86. The zero-order valence-corrected chi connectivity index (χ0v) is 24.1. The summed E-state index contributed by atoms with van der Waals surface area (Å²) in [6.45, 7) is 5.01. The quantitative estimate of drug-likeness (QED) is 0.267. The molecule has 1 atom stereocenters. The normalized spacial score (nSPS) is 15.1. The van der Waals surface area contributed by atoms with E-state index in [1.807, 2.05) is 49.1 Å². The number of benzene rings is 2. The molecule has 0 unspecified atom stereocenters. The Hall–Kier alpha value is -4.51. The molecule has 0 spiro atoms. The molecule has 1 fully saturated rings. The van der Waals surface area contributed by atoms with Crippen molar-refractivity contribution in [2.24, 2.45) is 5.92 Å². The lowest BCUT2D eigenvalue weighted by atomic mass is 10.0. The molecule has 5 rings (SSSR count). The van der Waals surface area contributed by atoms with Gasteiger partial charge in [0.2, 0.25) is 0 Å². The molecule has 1 amide bonds. The number of carbonyl (C=O) groups excluding carboxylic acids is 1. The van der Waals surface area contributed by atoms with Gasteiger partial charge in [-0.3, -0.25) is 4.79 Å². The molecule has 9 nitrogen and oxygen atoms in total. The Morgan fingerprint density at radius 1 is 1.07 bits per heavy atom. The SMILES string of the molecule is CC(C)COc1cc(F)cc(-c2ccc(C(=O)NS(=O)(=O)c3cccc(N)n3)c(N3CCC[C@H]3c3ccccc3)n2)c1. The van der Waals surface area contributed by atoms with Crippen molar-refractivity contribution in [2.75, 3.05) is 23.8 Å². The van der Waals surface area contributed by atoms with Crippen molar-refractivity contribution in [1.82, 2.24) is 14.7 Å². The molecular weight excluding hydrogens is 557 g/mol. The number of nitrogens with one attached hydrogen (secondary N) is 1.